The van der Waals surface area contributed by atoms with Crippen molar-refractivity contribution in [2.75, 3.05) is 18.5 Å². The molecule has 0 radical (unpaired) electrons. The topological polar surface area (TPSA) is 64.6 Å². The summed E-state index contributed by atoms with van der Waals surface area (Å²) in [6, 6.07) is 11.0. The van der Waals surface area contributed by atoms with Gasteiger partial charge in [-0.25, -0.2) is 4.79 Å². The van der Waals surface area contributed by atoms with Gasteiger partial charge in [-0.15, -0.1) is 11.3 Å². The van der Waals surface area contributed by atoms with Gasteiger partial charge in [0.15, 0.2) is 0 Å². The molecule has 0 spiro atoms. The Bertz CT molecular complexity index is 1170. The summed E-state index contributed by atoms with van der Waals surface area (Å²) in [4.78, 5) is 26.4. The molecule has 8 heteroatoms. The number of halogens is 2. The van der Waals surface area contributed by atoms with Crippen molar-refractivity contribution < 1.29 is 19.1 Å². The molecule has 0 saturated heterocycles. The van der Waals surface area contributed by atoms with Gasteiger partial charge in [0, 0.05) is 26.9 Å². The van der Waals surface area contributed by atoms with Gasteiger partial charge in [0.2, 0.25) is 5.91 Å². The number of amides is 1. The average molecular weight is 520 g/mol. The van der Waals surface area contributed by atoms with E-state index in [-0.39, 0.29) is 18.9 Å². The van der Waals surface area contributed by atoms with E-state index in [1.807, 2.05) is 45.0 Å². The molecule has 0 aliphatic heterocycles. The van der Waals surface area contributed by atoms with E-state index in [0.29, 0.717) is 28.6 Å². The Morgan fingerprint density at radius 3 is 2.29 bits per heavy atom. The molecule has 0 aliphatic carbocycles. The molecule has 1 aromatic heterocycles. The molecule has 1 heterocycles. The molecule has 1 amide bonds. The number of rotatable bonds is 9. The van der Waals surface area contributed by atoms with Crippen LogP contribution < -0.4 is 10.1 Å². The quantitative estimate of drug-likeness (QED) is 0.233. The van der Waals surface area contributed by atoms with Gasteiger partial charge in [-0.1, -0.05) is 35.3 Å². The Labute approximate surface area is 214 Å². The van der Waals surface area contributed by atoms with Crippen molar-refractivity contribution in [3.05, 3.63) is 68.0 Å². The monoisotopic (exact) mass is 519 g/mol. The lowest BCUT2D eigenvalue weighted by molar-refractivity contribution is -0.116. The predicted molar refractivity (Wildman–Crippen MR) is 140 cm³/mol. The zero-order chi connectivity index (χ0) is 24.8. The van der Waals surface area contributed by atoms with Gasteiger partial charge in [0.25, 0.3) is 0 Å². The van der Waals surface area contributed by atoms with Gasteiger partial charge in [-0.3, -0.25) is 4.79 Å². The van der Waals surface area contributed by atoms with Gasteiger partial charge in [-0.2, -0.15) is 0 Å². The Balaban J connectivity index is 1.69. The van der Waals surface area contributed by atoms with E-state index < -0.39 is 5.97 Å². The largest absolute Gasteiger partial charge is 0.494 e. The lowest BCUT2D eigenvalue weighted by Gasteiger charge is -2.11. The highest BCUT2D eigenvalue weighted by Gasteiger charge is 2.25. The summed E-state index contributed by atoms with van der Waals surface area (Å²) in [6.45, 7) is 8.15. The standard InChI is InChI=1S/C26H27Cl2NO4S/c1-5-32-26(31)23-22(18-8-10-19(27)11-9-18)17(4)34-25(23)29-21(30)7-6-12-33-20-13-15(2)24(28)16(3)14-20/h8-11,13-14H,5-7,12H2,1-4H3,(H,29,30). The molecule has 0 aliphatic rings. The fourth-order valence-electron chi connectivity index (χ4n) is 3.60. The van der Waals surface area contributed by atoms with Crippen molar-refractivity contribution in [1.29, 1.82) is 0 Å². The van der Waals surface area contributed by atoms with Gasteiger partial charge in [-0.05, 0) is 75.1 Å². The van der Waals surface area contributed by atoms with E-state index in [2.05, 4.69) is 5.32 Å². The van der Waals surface area contributed by atoms with Crippen LogP contribution in [-0.4, -0.2) is 25.1 Å². The van der Waals surface area contributed by atoms with E-state index in [1.54, 1.807) is 19.1 Å². The number of carbonyl (C=O) groups is 2. The number of thiophene rings is 1. The van der Waals surface area contributed by atoms with Crippen molar-refractivity contribution in [1.82, 2.24) is 0 Å². The average Bonchev–Trinajstić information content (AvgIpc) is 3.11. The van der Waals surface area contributed by atoms with Crippen molar-refractivity contribution in [2.45, 2.75) is 40.5 Å². The predicted octanol–water partition coefficient (Wildman–Crippen LogP) is 7.62. The second-order valence-electron chi connectivity index (χ2n) is 7.84. The third-order valence-corrected chi connectivity index (χ3v) is 7.05. The van der Waals surface area contributed by atoms with Crippen LogP contribution in [-0.2, 0) is 9.53 Å². The maximum atomic E-state index is 12.8. The van der Waals surface area contributed by atoms with Gasteiger partial charge in [0.1, 0.15) is 16.3 Å². The summed E-state index contributed by atoms with van der Waals surface area (Å²) < 4.78 is 11.1. The van der Waals surface area contributed by atoms with Crippen LogP contribution in [0.2, 0.25) is 10.0 Å². The fourth-order valence-corrected chi connectivity index (χ4v) is 4.91. The Morgan fingerprint density at radius 2 is 1.68 bits per heavy atom. The minimum absolute atomic E-state index is 0.193. The van der Waals surface area contributed by atoms with Crippen molar-refractivity contribution in [2.24, 2.45) is 0 Å². The van der Waals surface area contributed by atoms with Crippen LogP contribution in [0.1, 0.15) is 46.1 Å². The van der Waals surface area contributed by atoms with Crippen LogP contribution in [0.25, 0.3) is 11.1 Å². The SMILES string of the molecule is CCOC(=O)c1c(NC(=O)CCCOc2cc(C)c(Cl)c(C)c2)sc(C)c1-c1ccc(Cl)cc1. The molecule has 0 atom stereocenters. The first-order valence-corrected chi connectivity index (χ1v) is 12.5. The summed E-state index contributed by atoms with van der Waals surface area (Å²) in [7, 11) is 0. The smallest absolute Gasteiger partial charge is 0.341 e. The first-order valence-electron chi connectivity index (χ1n) is 11.0. The molecule has 5 nitrogen and oxygen atoms in total. The van der Waals surface area contributed by atoms with Crippen molar-refractivity contribution in [3.63, 3.8) is 0 Å². The molecule has 0 unspecified atom stereocenters. The van der Waals surface area contributed by atoms with Gasteiger partial charge >= 0.3 is 5.97 Å². The highest BCUT2D eigenvalue weighted by atomic mass is 35.5. The van der Waals surface area contributed by atoms with Crippen LogP contribution in [0.3, 0.4) is 0 Å². The second-order valence-corrected chi connectivity index (χ2v) is 9.88. The van der Waals surface area contributed by atoms with Gasteiger partial charge < -0.3 is 14.8 Å². The van der Waals surface area contributed by atoms with Crippen LogP contribution in [0.15, 0.2) is 36.4 Å². The summed E-state index contributed by atoms with van der Waals surface area (Å²) in [5.74, 6) is 0.0660. The number of hydrogen-bond acceptors (Lipinski definition) is 5. The molecule has 0 bridgehead atoms. The lowest BCUT2D eigenvalue weighted by Crippen LogP contribution is -2.15. The number of nitrogens with one attached hydrogen (secondary N) is 1. The normalized spacial score (nSPS) is 10.8. The van der Waals surface area contributed by atoms with Crippen LogP contribution in [0.4, 0.5) is 5.00 Å². The minimum atomic E-state index is -0.469. The summed E-state index contributed by atoms with van der Waals surface area (Å²) in [6.07, 6.45) is 0.775. The number of anilines is 1. The maximum Gasteiger partial charge on any atom is 0.341 e. The molecule has 3 rings (SSSR count). The Kier molecular flexibility index (Phi) is 9.00. The van der Waals surface area contributed by atoms with E-state index in [1.165, 1.54) is 11.3 Å². The molecule has 1 N–H and O–H groups in total. The van der Waals surface area contributed by atoms with Crippen LogP contribution in [0.5, 0.6) is 5.75 Å². The first kappa shape index (κ1) is 26.1. The summed E-state index contributed by atoms with van der Waals surface area (Å²) in [5.41, 5.74) is 3.84. The first-order chi connectivity index (χ1) is 16.2. The molecule has 34 heavy (non-hydrogen) atoms. The van der Waals surface area contributed by atoms with E-state index in [9.17, 15) is 9.59 Å². The molecule has 0 saturated carbocycles. The molecule has 0 fully saturated rings. The highest BCUT2D eigenvalue weighted by molar-refractivity contribution is 7.17. The molecule has 3 aromatic rings. The Hall–Kier alpha value is -2.54. The number of esters is 1. The second kappa shape index (κ2) is 11.7. The number of hydrogen-bond donors (Lipinski definition) is 1. The summed E-state index contributed by atoms with van der Waals surface area (Å²) in [5, 5.41) is 4.71. The zero-order valence-electron chi connectivity index (χ0n) is 19.6. The van der Waals surface area contributed by atoms with E-state index in [4.69, 9.17) is 32.7 Å². The minimum Gasteiger partial charge on any atom is -0.494 e. The molecule has 2 aromatic carbocycles. The fraction of sp³-hybridized carbons (Fsp3) is 0.308. The molecule has 180 valence electrons. The van der Waals surface area contributed by atoms with Crippen molar-refractivity contribution >= 4 is 51.4 Å². The number of aryl methyl sites for hydroxylation is 3. The highest BCUT2D eigenvalue weighted by Crippen LogP contribution is 2.40. The number of benzene rings is 2. The third kappa shape index (κ3) is 6.32. The number of carbonyl (C=O) groups excluding carboxylic acids is 2. The van der Waals surface area contributed by atoms with Crippen LogP contribution in [0, 0.1) is 20.8 Å². The summed E-state index contributed by atoms with van der Waals surface area (Å²) >= 11 is 13.6. The lowest BCUT2D eigenvalue weighted by atomic mass is 10.0. The van der Waals surface area contributed by atoms with Crippen LogP contribution >= 0.6 is 34.5 Å². The molecular weight excluding hydrogens is 493 g/mol. The zero-order valence-corrected chi connectivity index (χ0v) is 21.9. The number of ether oxygens (including phenoxy) is 2. The van der Waals surface area contributed by atoms with Crippen molar-refractivity contribution in [3.8, 4) is 16.9 Å². The Morgan fingerprint density at radius 1 is 1.03 bits per heavy atom. The van der Waals surface area contributed by atoms with Gasteiger partial charge in [0.05, 0.1) is 13.2 Å². The molecular formula is C26H27Cl2NO4S. The van der Waals surface area contributed by atoms with E-state index >= 15 is 0 Å². The third-order valence-electron chi connectivity index (χ3n) is 5.18. The maximum absolute atomic E-state index is 12.8. The van der Waals surface area contributed by atoms with E-state index in [0.717, 1.165) is 37.9 Å².